The topological polar surface area (TPSA) is 0 Å². The van der Waals surface area contributed by atoms with Crippen LogP contribution in [0.4, 0.5) is 0 Å². The van der Waals surface area contributed by atoms with Crippen molar-refractivity contribution in [3.05, 3.63) is 23.3 Å². The van der Waals surface area contributed by atoms with E-state index in [1.54, 1.807) is 5.57 Å². The zero-order chi connectivity index (χ0) is 15.8. The fourth-order valence-corrected chi connectivity index (χ4v) is 3.39. The molecule has 0 amide bonds. The van der Waals surface area contributed by atoms with Crippen LogP contribution >= 0.6 is 0 Å². The van der Waals surface area contributed by atoms with Crippen LogP contribution in [0.5, 0.6) is 0 Å². The fraction of sp³-hybridized carbons (Fsp3) is 0.750. The summed E-state index contributed by atoms with van der Waals surface area (Å²) >= 11 is 0. The monoisotopic (exact) mass is 286 g/mol. The molecule has 0 radical (unpaired) electrons. The third-order valence-electron chi connectivity index (χ3n) is 5.18. The van der Waals surface area contributed by atoms with Gasteiger partial charge >= 0.3 is 134 Å². The fourth-order valence-electron chi connectivity index (χ4n) is 3.39. The zero-order valence-electron chi connectivity index (χ0n) is 15.0. The van der Waals surface area contributed by atoms with Crippen molar-refractivity contribution in [2.24, 2.45) is 23.7 Å². The van der Waals surface area contributed by atoms with Crippen LogP contribution in [-0.2, 0) is 0 Å². The summed E-state index contributed by atoms with van der Waals surface area (Å²) in [4.78, 5) is 0. The maximum absolute atomic E-state index is 3.95. The van der Waals surface area contributed by atoms with Gasteiger partial charge in [-0.1, -0.05) is 0 Å². The molecule has 0 aromatic heterocycles. The van der Waals surface area contributed by atoms with Gasteiger partial charge in [0.2, 0.25) is 0 Å². The molecule has 0 saturated carbocycles. The van der Waals surface area contributed by atoms with Gasteiger partial charge in [0.25, 0.3) is 0 Å². The summed E-state index contributed by atoms with van der Waals surface area (Å²) in [6.45, 7) is 11.7. The number of hydrogen-bond acceptors (Lipinski definition) is 0. The van der Waals surface area contributed by atoms with Crippen molar-refractivity contribution < 1.29 is 0 Å². The van der Waals surface area contributed by atoms with E-state index < -0.39 is 0 Å². The van der Waals surface area contributed by atoms with E-state index in [0.717, 1.165) is 18.3 Å². The molecule has 0 spiro atoms. The molecule has 0 fully saturated rings. The second-order valence-electron chi connectivity index (χ2n) is 7.54. The maximum atomic E-state index is 3.95. The SMILES string of the molecule is B=CCC1C(CCC(C)CCCC(C)C)=CC=C(C)C1C. The Morgan fingerprint density at radius 1 is 1.14 bits per heavy atom. The van der Waals surface area contributed by atoms with Gasteiger partial charge in [0.05, 0.1) is 0 Å². The van der Waals surface area contributed by atoms with Gasteiger partial charge in [0.1, 0.15) is 0 Å². The number of allylic oxidation sites excluding steroid dienone is 4. The third kappa shape index (κ3) is 6.37. The summed E-state index contributed by atoms with van der Waals surface area (Å²) in [5.41, 5.74) is 3.18. The molecule has 3 atom stereocenters. The predicted molar refractivity (Wildman–Crippen MR) is 99.4 cm³/mol. The van der Waals surface area contributed by atoms with Gasteiger partial charge in [0, 0.05) is 0 Å². The normalized spacial score (nSPS) is 23.7. The van der Waals surface area contributed by atoms with Gasteiger partial charge < -0.3 is 0 Å². The Balaban J connectivity index is 2.46. The van der Waals surface area contributed by atoms with Crippen molar-refractivity contribution in [3.8, 4) is 0 Å². The summed E-state index contributed by atoms with van der Waals surface area (Å²) in [5.74, 6) is 5.18. The first kappa shape index (κ1) is 18.5. The minimum atomic E-state index is 0.680. The average Bonchev–Trinajstić information content (AvgIpc) is 2.43. The molecule has 0 aromatic rings. The van der Waals surface area contributed by atoms with Crippen molar-refractivity contribution in [2.45, 2.75) is 73.1 Å². The molecule has 0 saturated heterocycles. The van der Waals surface area contributed by atoms with Crippen LogP contribution in [0.15, 0.2) is 23.3 Å². The molecule has 21 heavy (non-hydrogen) atoms. The Labute approximate surface area is 134 Å². The van der Waals surface area contributed by atoms with E-state index in [9.17, 15) is 0 Å². The molecular weight excluding hydrogens is 251 g/mol. The van der Waals surface area contributed by atoms with Crippen molar-refractivity contribution in [1.29, 1.82) is 0 Å². The van der Waals surface area contributed by atoms with E-state index in [4.69, 9.17) is 0 Å². The molecule has 1 heteroatoms. The van der Waals surface area contributed by atoms with Gasteiger partial charge in [-0.25, -0.2) is 0 Å². The molecule has 0 nitrogen and oxygen atoms in total. The van der Waals surface area contributed by atoms with Crippen molar-refractivity contribution >= 4 is 13.5 Å². The third-order valence-corrected chi connectivity index (χ3v) is 5.18. The van der Waals surface area contributed by atoms with Gasteiger partial charge in [-0.05, 0) is 0 Å². The molecule has 0 aliphatic heterocycles. The molecule has 118 valence electrons. The second-order valence-corrected chi connectivity index (χ2v) is 7.54. The predicted octanol–water partition coefficient (Wildman–Crippen LogP) is 5.46. The van der Waals surface area contributed by atoms with Crippen LogP contribution in [0.25, 0.3) is 0 Å². The Morgan fingerprint density at radius 2 is 1.86 bits per heavy atom. The van der Waals surface area contributed by atoms with Crippen LogP contribution in [0.3, 0.4) is 0 Å². The minimum absolute atomic E-state index is 0.680. The van der Waals surface area contributed by atoms with Crippen LogP contribution in [0, 0.1) is 23.7 Å². The average molecular weight is 286 g/mol. The molecule has 0 N–H and O–H groups in total. The molecule has 0 bridgehead atoms. The standard InChI is InChI=1S/C20H35B/c1-15(2)7-6-8-16(3)9-11-19-12-10-17(4)18(5)20(19)13-14-21/h10,12,14-16,18,20-21H,6-9,11,13H2,1-5H3. The van der Waals surface area contributed by atoms with Gasteiger partial charge in [-0.15, -0.1) is 0 Å². The van der Waals surface area contributed by atoms with E-state index in [1.165, 1.54) is 37.7 Å². The summed E-state index contributed by atoms with van der Waals surface area (Å²) < 4.78 is 0. The molecule has 1 aliphatic carbocycles. The van der Waals surface area contributed by atoms with E-state index >= 15 is 0 Å². The Kier molecular flexibility index (Phi) is 8.30. The molecule has 0 heterocycles. The van der Waals surface area contributed by atoms with Gasteiger partial charge in [-0.3, -0.25) is 0 Å². The first-order chi connectivity index (χ1) is 9.95. The molecule has 0 aromatic carbocycles. The van der Waals surface area contributed by atoms with Crippen molar-refractivity contribution in [1.82, 2.24) is 0 Å². The van der Waals surface area contributed by atoms with E-state index in [0.29, 0.717) is 11.8 Å². The molecule has 1 rings (SSSR count). The first-order valence-corrected chi connectivity index (χ1v) is 8.93. The summed E-state index contributed by atoms with van der Waals surface area (Å²) in [7, 11) is 3.95. The number of hydrogen-bond donors (Lipinski definition) is 0. The Hall–Kier alpha value is -0.585. The van der Waals surface area contributed by atoms with Crippen LogP contribution in [0.1, 0.15) is 73.1 Å². The molecular formula is C20H35B. The van der Waals surface area contributed by atoms with Crippen LogP contribution < -0.4 is 0 Å². The molecule has 1 aliphatic rings. The zero-order valence-corrected chi connectivity index (χ0v) is 15.0. The number of rotatable bonds is 9. The summed E-state index contributed by atoms with van der Waals surface area (Å²) in [6.07, 6.45) is 12.6. The van der Waals surface area contributed by atoms with Crippen LogP contribution in [-0.4, -0.2) is 13.5 Å². The van der Waals surface area contributed by atoms with Gasteiger partial charge in [0.15, 0.2) is 0 Å². The Morgan fingerprint density at radius 3 is 2.48 bits per heavy atom. The summed E-state index contributed by atoms with van der Waals surface area (Å²) in [5, 5.41) is 0. The van der Waals surface area contributed by atoms with Crippen molar-refractivity contribution in [3.63, 3.8) is 0 Å². The molecule has 3 unspecified atom stereocenters. The van der Waals surface area contributed by atoms with Crippen molar-refractivity contribution in [2.75, 3.05) is 0 Å². The van der Waals surface area contributed by atoms with E-state index in [2.05, 4.69) is 60.2 Å². The van der Waals surface area contributed by atoms with Crippen LogP contribution in [0.2, 0.25) is 0 Å². The van der Waals surface area contributed by atoms with E-state index in [1.807, 2.05) is 0 Å². The first-order valence-electron chi connectivity index (χ1n) is 8.93. The Bertz CT molecular complexity index is 375. The second kappa shape index (κ2) is 9.44. The van der Waals surface area contributed by atoms with E-state index in [-0.39, 0.29) is 0 Å². The quantitative estimate of drug-likeness (QED) is 0.494. The van der Waals surface area contributed by atoms with Gasteiger partial charge in [-0.2, -0.15) is 0 Å². The summed E-state index contributed by atoms with van der Waals surface area (Å²) in [6, 6.07) is 0.